The monoisotopic (exact) mass is 368 g/mol. The summed E-state index contributed by atoms with van der Waals surface area (Å²) in [5.41, 5.74) is 1.27. The van der Waals surface area contributed by atoms with Crippen molar-refractivity contribution in [2.24, 2.45) is 0 Å². The number of hydrogen-bond donors (Lipinski definition) is 1. The van der Waals surface area contributed by atoms with Crippen molar-refractivity contribution in [1.82, 2.24) is 4.98 Å². The Labute approximate surface area is 125 Å². The van der Waals surface area contributed by atoms with Crippen LogP contribution in [0.15, 0.2) is 42.6 Å². The zero-order valence-corrected chi connectivity index (χ0v) is 12.5. The standard InChI is InChI=1S/C14H13IN2O2/c1-2-19-13-8-7-12(9-16-13)17-14(18)10-3-5-11(15)6-4-10/h3-9H,2H2,1H3,(H,17,18). The highest BCUT2D eigenvalue weighted by Gasteiger charge is 2.06. The average Bonchev–Trinajstić information content (AvgIpc) is 2.42. The second-order valence-corrected chi connectivity index (χ2v) is 5.02. The minimum absolute atomic E-state index is 0.151. The number of rotatable bonds is 4. The van der Waals surface area contributed by atoms with Gasteiger partial charge in [-0.25, -0.2) is 4.98 Å². The quantitative estimate of drug-likeness (QED) is 0.843. The van der Waals surface area contributed by atoms with Gasteiger partial charge < -0.3 is 10.1 Å². The zero-order valence-electron chi connectivity index (χ0n) is 10.4. The van der Waals surface area contributed by atoms with Crippen molar-refractivity contribution in [3.8, 4) is 5.88 Å². The normalized spacial score (nSPS) is 10.0. The summed E-state index contributed by atoms with van der Waals surface area (Å²) in [6.45, 7) is 2.47. The second-order valence-electron chi connectivity index (χ2n) is 3.78. The van der Waals surface area contributed by atoms with E-state index in [0.717, 1.165) is 3.57 Å². The Bertz CT molecular complexity index is 553. The summed E-state index contributed by atoms with van der Waals surface area (Å²) in [6, 6.07) is 10.9. The zero-order chi connectivity index (χ0) is 13.7. The van der Waals surface area contributed by atoms with E-state index in [-0.39, 0.29) is 5.91 Å². The van der Waals surface area contributed by atoms with Gasteiger partial charge in [-0.15, -0.1) is 0 Å². The van der Waals surface area contributed by atoms with Gasteiger partial charge in [-0.1, -0.05) is 0 Å². The molecule has 98 valence electrons. The molecule has 0 aliphatic rings. The van der Waals surface area contributed by atoms with E-state index in [1.807, 2.05) is 19.1 Å². The van der Waals surface area contributed by atoms with Crippen LogP contribution in [0.5, 0.6) is 5.88 Å². The van der Waals surface area contributed by atoms with Crippen molar-refractivity contribution in [3.05, 3.63) is 51.7 Å². The van der Waals surface area contributed by atoms with Crippen LogP contribution in [-0.4, -0.2) is 17.5 Å². The van der Waals surface area contributed by atoms with Gasteiger partial charge in [-0.2, -0.15) is 0 Å². The van der Waals surface area contributed by atoms with Crippen molar-refractivity contribution in [2.45, 2.75) is 6.92 Å². The van der Waals surface area contributed by atoms with Crippen LogP contribution in [0.2, 0.25) is 0 Å². The molecule has 19 heavy (non-hydrogen) atoms. The predicted molar refractivity (Wildman–Crippen MR) is 82.5 cm³/mol. The number of halogens is 1. The highest BCUT2D eigenvalue weighted by Crippen LogP contribution is 2.13. The third-order valence-electron chi connectivity index (χ3n) is 2.39. The van der Waals surface area contributed by atoms with Crippen LogP contribution in [0.25, 0.3) is 0 Å². The Morgan fingerprint density at radius 1 is 1.26 bits per heavy atom. The Hall–Kier alpha value is -1.63. The number of aromatic nitrogens is 1. The van der Waals surface area contributed by atoms with E-state index in [4.69, 9.17) is 4.74 Å². The number of pyridine rings is 1. The maximum atomic E-state index is 12.0. The Kier molecular flexibility index (Phi) is 4.73. The number of ether oxygens (including phenoxy) is 1. The van der Waals surface area contributed by atoms with Gasteiger partial charge in [0, 0.05) is 15.2 Å². The lowest BCUT2D eigenvalue weighted by atomic mass is 10.2. The lowest BCUT2D eigenvalue weighted by Crippen LogP contribution is -2.12. The number of nitrogens with one attached hydrogen (secondary N) is 1. The molecule has 0 aliphatic carbocycles. The largest absolute Gasteiger partial charge is 0.478 e. The maximum Gasteiger partial charge on any atom is 0.255 e. The first-order valence-corrected chi connectivity index (χ1v) is 6.92. The second kappa shape index (κ2) is 6.51. The van der Waals surface area contributed by atoms with Gasteiger partial charge in [-0.05, 0) is 59.8 Å². The third-order valence-corrected chi connectivity index (χ3v) is 3.11. The lowest BCUT2D eigenvalue weighted by molar-refractivity contribution is 0.102. The van der Waals surface area contributed by atoms with Crippen LogP contribution in [0.4, 0.5) is 5.69 Å². The van der Waals surface area contributed by atoms with E-state index in [1.54, 1.807) is 30.5 Å². The van der Waals surface area contributed by atoms with Gasteiger partial charge in [0.25, 0.3) is 5.91 Å². The summed E-state index contributed by atoms with van der Waals surface area (Å²) in [5.74, 6) is 0.400. The highest BCUT2D eigenvalue weighted by molar-refractivity contribution is 14.1. The van der Waals surface area contributed by atoms with Crippen molar-refractivity contribution >= 4 is 34.2 Å². The van der Waals surface area contributed by atoms with E-state index in [1.165, 1.54) is 0 Å². The molecule has 0 atom stereocenters. The van der Waals surface area contributed by atoms with Gasteiger partial charge in [-0.3, -0.25) is 4.79 Å². The van der Waals surface area contributed by atoms with E-state index >= 15 is 0 Å². The fourth-order valence-electron chi connectivity index (χ4n) is 1.49. The molecule has 1 aromatic carbocycles. The molecule has 2 rings (SSSR count). The summed E-state index contributed by atoms with van der Waals surface area (Å²) < 4.78 is 6.33. The maximum absolute atomic E-state index is 12.0. The lowest BCUT2D eigenvalue weighted by Gasteiger charge is -2.06. The van der Waals surface area contributed by atoms with Crippen molar-refractivity contribution < 1.29 is 9.53 Å². The molecule has 0 spiro atoms. The molecular weight excluding hydrogens is 355 g/mol. The molecule has 4 nitrogen and oxygen atoms in total. The SMILES string of the molecule is CCOc1ccc(NC(=O)c2ccc(I)cc2)cn1. The van der Waals surface area contributed by atoms with Crippen LogP contribution in [-0.2, 0) is 0 Å². The molecule has 0 saturated heterocycles. The first kappa shape index (κ1) is 13.8. The van der Waals surface area contributed by atoms with E-state index in [0.29, 0.717) is 23.7 Å². The van der Waals surface area contributed by atoms with E-state index in [2.05, 4.69) is 32.9 Å². The van der Waals surface area contributed by atoms with Crippen LogP contribution >= 0.6 is 22.6 Å². The smallest absolute Gasteiger partial charge is 0.255 e. The van der Waals surface area contributed by atoms with Crippen LogP contribution < -0.4 is 10.1 Å². The Morgan fingerprint density at radius 2 is 2.00 bits per heavy atom. The summed E-state index contributed by atoms with van der Waals surface area (Å²) >= 11 is 2.20. The molecule has 0 saturated carbocycles. The topological polar surface area (TPSA) is 51.2 Å². The molecule has 0 radical (unpaired) electrons. The van der Waals surface area contributed by atoms with Gasteiger partial charge in [0.05, 0.1) is 18.5 Å². The number of benzene rings is 1. The van der Waals surface area contributed by atoms with Crippen LogP contribution in [0.3, 0.4) is 0 Å². The Morgan fingerprint density at radius 3 is 2.58 bits per heavy atom. The first-order chi connectivity index (χ1) is 9.19. The summed E-state index contributed by atoms with van der Waals surface area (Å²) in [6.07, 6.45) is 1.58. The van der Waals surface area contributed by atoms with Crippen molar-refractivity contribution in [2.75, 3.05) is 11.9 Å². The number of carbonyl (C=O) groups is 1. The molecule has 5 heteroatoms. The summed E-state index contributed by atoms with van der Waals surface area (Å²) in [7, 11) is 0. The molecular formula is C14H13IN2O2. The molecule has 2 aromatic rings. The molecule has 0 unspecified atom stereocenters. The molecule has 1 amide bonds. The fraction of sp³-hybridized carbons (Fsp3) is 0.143. The van der Waals surface area contributed by atoms with Gasteiger partial charge >= 0.3 is 0 Å². The van der Waals surface area contributed by atoms with Gasteiger partial charge in [0.1, 0.15) is 0 Å². The summed E-state index contributed by atoms with van der Waals surface area (Å²) in [5, 5.41) is 2.79. The number of hydrogen-bond acceptors (Lipinski definition) is 3. The molecule has 0 fully saturated rings. The summed E-state index contributed by atoms with van der Waals surface area (Å²) in [4.78, 5) is 16.1. The van der Waals surface area contributed by atoms with E-state index in [9.17, 15) is 4.79 Å². The number of carbonyl (C=O) groups excluding carboxylic acids is 1. The minimum atomic E-state index is -0.151. The molecule has 0 aliphatic heterocycles. The molecule has 1 aromatic heterocycles. The van der Waals surface area contributed by atoms with Gasteiger partial charge in [0.15, 0.2) is 0 Å². The third kappa shape index (κ3) is 3.92. The van der Waals surface area contributed by atoms with Gasteiger partial charge in [0.2, 0.25) is 5.88 Å². The minimum Gasteiger partial charge on any atom is -0.478 e. The highest BCUT2D eigenvalue weighted by atomic mass is 127. The molecule has 1 heterocycles. The number of amides is 1. The van der Waals surface area contributed by atoms with Crippen molar-refractivity contribution in [1.29, 1.82) is 0 Å². The fourth-order valence-corrected chi connectivity index (χ4v) is 1.85. The molecule has 1 N–H and O–H groups in total. The van der Waals surface area contributed by atoms with Crippen molar-refractivity contribution in [3.63, 3.8) is 0 Å². The van der Waals surface area contributed by atoms with Crippen LogP contribution in [0, 0.1) is 3.57 Å². The number of nitrogens with zero attached hydrogens (tertiary/aromatic N) is 1. The predicted octanol–water partition coefficient (Wildman–Crippen LogP) is 3.34. The van der Waals surface area contributed by atoms with Crippen LogP contribution in [0.1, 0.15) is 17.3 Å². The molecule has 0 bridgehead atoms. The number of anilines is 1. The Balaban J connectivity index is 2.04. The van der Waals surface area contributed by atoms with E-state index < -0.39 is 0 Å². The first-order valence-electron chi connectivity index (χ1n) is 5.85. The average molecular weight is 368 g/mol.